The number of imidazole rings is 1. The predicted octanol–water partition coefficient (Wildman–Crippen LogP) is 1.52. The molecule has 6 heteroatoms. The van der Waals surface area contributed by atoms with Gasteiger partial charge in [0.15, 0.2) is 11.3 Å². The van der Waals surface area contributed by atoms with Crippen molar-refractivity contribution in [3.8, 4) is 0 Å². The van der Waals surface area contributed by atoms with Crippen LogP contribution in [0.4, 0.5) is 0 Å². The number of thioether (sulfide) groups is 1. The number of carboxylic acids is 1. The van der Waals surface area contributed by atoms with Crippen molar-refractivity contribution in [2.75, 3.05) is 6.26 Å². The van der Waals surface area contributed by atoms with Crippen molar-refractivity contribution in [3.63, 3.8) is 0 Å². The number of aromatic amines is 1. The number of carboxylic acid groups (broad SMARTS) is 1. The summed E-state index contributed by atoms with van der Waals surface area (Å²) in [6.07, 6.45) is 1.98. The van der Waals surface area contributed by atoms with Crippen molar-refractivity contribution in [2.24, 2.45) is 0 Å². The standard InChI is InChI=1S/C9H9N3O2S/c1-15-4-7-10-5-2-3-6(9(13)14)11-8(5)12-7/h2-3H,4H2,1H3,(H,13,14)(H,10,11,12). The second-order valence-electron chi connectivity index (χ2n) is 2.99. The molecule has 0 bridgehead atoms. The Kier molecular flexibility index (Phi) is 2.59. The topological polar surface area (TPSA) is 78.9 Å². The van der Waals surface area contributed by atoms with E-state index in [0.29, 0.717) is 5.65 Å². The van der Waals surface area contributed by atoms with E-state index in [-0.39, 0.29) is 5.69 Å². The number of H-pyrrole nitrogens is 1. The van der Waals surface area contributed by atoms with Gasteiger partial charge < -0.3 is 10.1 Å². The quantitative estimate of drug-likeness (QED) is 0.824. The van der Waals surface area contributed by atoms with Gasteiger partial charge in [0, 0.05) is 0 Å². The average Bonchev–Trinajstić information content (AvgIpc) is 2.59. The number of carbonyl (C=O) groups is 1. The molecule has 0 spiro atoms. The van der Waals surface area contributed by atoms with Crippen molar-refractivity contribution >= 4 is 28.9 Å². The van der Waals surface area contributed by atoms with Crippen LogP contribution in [0.1, 0.15) is 16.3 Å². The van der Waals surface area contributed by atoms with E-state index in [1.165, 1.54) is 6.07 Å². The van der Waals surface area contributed by atoms with Crippen LogP contribution < -0.4 is 0 Å². The van der Waals surface area contributed by atoms with Crippen LogP contribution in [-0.4, -0.2) is 32.3 Å². The third-order valence-electron chi connectivity index (χ3n) is 1.90. The Morgan fingerprint density at radius 3 is 3.00 bits per heavy atom. The highest BCUT2D eigenvalue weighted by molar-refractivity contribution is 7.97. The van der Waals surface area contributed by atoms with E-state index in [1.807, 2.05) is 6.26 Å². The number of hydrogen-bond donors (Lipinski definition) is 2. The Morgan fingerprint density at radius 1 is 1.53 bits per heavy atom. The summed E-state index contributed by atoms with van der Waals surface area (Å²) >= 11 is 1.64. The highest BCUT2D eigenvalue weighted by Crippen LogP contribution is 2.12. The number of rotatable bonds is 3. The minimum Gasteiger partial charge on any atom is -0.477 e. The fraction of sp³-hybridized carbons (Fsp3) is 0.222. The lowest BCUT2D eigenvalue weighted by Gasteiger charge is -1.91. The predicted molar refractivity (Wildman–Crippen MR) is 58.1 cm³/mol. The Labute approximate surface area is 89.9 Å². The molecule has 0 amide bonds. The van der Waals surface area contributed by atoms with Gasteiger partial charge in [-0.1, -0.05) is 0 Å². The van der Waals surface area contributed by atoms with Gasteiger partial charge in [-0.25, -0.2) is 14.8 Å². The molecule has 0 radical (unpaired) electrons. The number of hydrogen-bond acceptors (Lipinski definition) is 4. The first-order valence-electron chi connectivity index (χ1n) is 4.28. The van der Waals surface area contributed by atoms with E-state index >= 15 is 0 Å². The summed E-state index contributed by atoms with van der Waals surface area (Å²) < 4.78 is 0. The van der Waals surface area contributed by atoms with E-state index in [0.717, 1.165) is 17.1 Å². The number of aromatic nitrogens is 3. The number of fused-ring (bicyclic) bond motifs is 1. The number of aromatic carboxylic acids is 1. The van der Waals surface area contributed by atoms with E-state index in [2.05, 4.69) is 15.0 Å². The highest BCUT2D eigenvalue weighted by Gasteiger charge is 2.08. The summed E-state index contributed by atoms with van der Waals surface area (Å²) in [6.45, 7) is 0. The van der Waals surface area contributed by atoms with Crippen LogP contribution >= 0.6 is 11.8 Å². The monoisotopic (exact) mass is 223 g/mol. The molecule has 2 aromatic rings. The Balaban J connectivity index is 2.47. The summed E-state index contributed by atoms with van der Waals surface area (Å²) in [7, 11) is 0. The zero-order valence-corrected chi connectivity index (χ0v) is 8.84. The lowest BCUT2D eigenvalue weighted by molar-refractivity contribution is 0.0691. The molecule has 2 N–H and O–H groups in total. The zero-order chi connectivity index (χ0) is 10.8. The molecule has 0 fully saturated rings. The van der Waals surface area contributed by atoms with Crippen LogP contribution in [0.15, 0.2) is 12.1 Å². The van der Waals surface area contributed by atoms with Crippen LogP contribution in [0.2, 0.25) is 0 Å². The first-order valence-corrected chi connectivity index (χ1v) is 5.68. The van der Waals surface area contributed by atoms with Gasteiger partial charge in [-0.15, -0.1) is 0 Å². The molecule has 5 nitrogen and oxygen atoms in total. The molecular formula is C9H9N3O2S. The van der Waals surface area contributed by atoms with Gasteiger partial charge in [-0.2, -0.15) is 11.8 Å². The maximum absolute atomic E-state index is 10.7. The molecule has 0 saturated heterocycles. The Bertz CT molecular complexity index is 509. The van der Waals surface area contributed by atoms with Crippen LogP contribution in [0.25, 0.3) is 11.2 Å². The molecule has 2 aromatic heterocycles. The third-order valence-corrected chi connectivity index (χ3v) is 2.46. The molecule has 2 heterocycles. The molecule has 0 unspecified atom stereocenters. The maximum atomic E-state index is 10.7. The zero-order valence-electron chi connectivity index (χ0n) is 8.02. The summed E-state index contributed by atoms with van der Waals surface area (Å²) in [5, 5.41) is 8.75. The van der Waals surface area contributed by atoms with E-state index in [4.69, 9.17) is 5.11 Å². The lowest BCUT2D eigenvalue weighted by atomic mass is 10.3. The molecule has 0 aliphatic heterocycles. The molecule has 0 aliphatic rings. The van der Waals surface area contributed by atoms with Gasteiger partial charge >= 0.3 is 5.97 Å². The summed E-state index contributed by atoms with van der Waals surface area (Å²) in [6, 6.07) is 3.15. The first-order chi connectivity index (χ1) is 7.20. The van der Waals surface area contributed by atoms with Gasteiger partial charge in [0.1, 0.15) is 5.82 Å². The van der Waals surface area contributed by atoms with E-state index < -0.39 is 5.97 Å². The van der Waals surface area contributed by atoms with Crippen LogP contribution in [0.3, 0.4) is 0 Å². The lowest BCUT2D eigenvalue weighted by Crippen LogP contribution is -1.99. The van der Waals surface area contributed by atoms with Crippen LogP contribution in [0.5, 0.6) is 0 Å². The van der Waals surface area contributed by atoms with E-state index in [9.17, 15) is 4.79 Å². The van der Waals surface area contributed by atoms with Gasteiger partial charge in [0.2, 0.25) is 0 Å². The third kappa shape index (κ3) is 1.94. The molecule has 0 saturated carbocycles. The Morgan fingerprint density at radius 2 is 2.33 bits per heavy atom. The highest BCUT2D eigenvalue weighted by atomic mass is 32.2. The fourth-order valence-corrected chi connectivity index (χ4v) is 1.68. The minimum absolute atomic E-state index is 0.0182. The normalized spacial score (nSPS) is 10.7. The van der Waals surface area contributed by atoms with Crippen molar-refractivity contribution in [3.05, 3.63) is 23.7 Å². The average molecular weight is 223 g/mol. The number of pyridine rings is 1. The molecule has 0 atom stereocenters. The van der Waals surface area contributed by atoms with Crippen molar-refractivity contribution in [1.82, 2.24) is 15.0 Å². The second kappa shape index (κ2) is 3.90. The summed E-state index contributed by atoms with van der Waals surface area (Å²) in [5.74, 6) is 0.539. The summed E-state index contributed by atoms with van der Waals surface area (Å²) in [5.41, 5.74) is 1.24. The molecule has 0 aliphatic carbocycles. The summed E-state index contributed by atoms with van der Waals surface area (Å²) in [4.78, 5) is 21.9. The van der Waals surface area contributed by atoms with Gasteiger partial charge in [-0.05, 0) is 18.4 Å². The molecule has 78 valence electrons. The second-order valence-corrected chi connectivity index (χ2v) is 3.86. The molecular weight excluding hydrogens is 214 g/mol. The molecule has 0 aromatic carbocycles. The van der Waals surface area contributed by atoms with Gasteiger partial charge in [0.25, 0.3) is 0 Å². The fourth-order valence-electron chi connectivity index (χ4n) is 1.27. The smallest absolute Gasteiger partial charge is 0.354 e. The van der Waals surface area contributed by atoms with Crippen molar-refractivity contribution < 1.29 is 9.90 Å². The number of nitrogens with one attached hydrogen (secondary N) is 1. The Hall–Kier alpha value is -1.56. The van der Waals surface area contributed by atoms with Crippen LogP contribution in [-0.2, 0) is 5.75 Å². The molecule has 15 heavy (non-hydrogen) atoms. The van der Waals surface area contributed by atoms with E-state index in [1.54, 1.807) is 17.8 Å². The molecule has 2 rings (SSSR count). The largest absolute Gasteiger partial charge is 0.477 e. The van der Waals surface area contributed by atoms with Crippen molar-refractivity contribution in [2.45, 2.75) is 5.75 Å². The SMILES string of the molecule is CSCc1nc2nc(C(=O)O)ccc2[nH]1. The minimum atomic E-state index is -1.04. The number of nitrogens with zero attached hydrogens (tertiary/aromatic N) is 2. The van der Waals surface area contributed by atoms with Crippen molar-refractivity contribution in [1.29, 1.82) is 0 Å². The first kappa shape index (κ1) is 9.97. The maximum Gasteiger partial charge on any atom is 0.354 e. The van der Waals surface area contributed by atoms with Gasteiger partial charge in [-0.3, -0.25) is 0 Å². The van der Waals surface area contributed by atoms with Crippen LogP contribution in [0, 0.1) is 0 Å². The van der Waals surface area contributed by atoms with Gasteiger partial charge in [0.05, 0.1) is 11.3 Å².